The molecule has 1 aromatic heterocycles. The van der Waals surface area contributed by atoms with E-state index in [9.17, 15) is 4.79 Å². The van der Waals surface area contributed by atoms with Crippen LogP contribution in [0, 0.1) is 0 Å². The third-order valence-corrected chi connectivity index (χ3v) is 5.03. The Labute approximate surface area is 165 Å². The van der Waals surface area contributed by atoms with Gasteiger partial charge in [-0.25, -0.2) is 4.98 Å². The first-order valence-electron chi connectivity index (χ1n) is 9.54. The predicted molar refractivity (Wildman–Crippen MR) is 107 cm³/mol. The number of likely N-dealkylation sites (tertiary alicyclic amines) is 1. The van der Waals surface area contributed by atoms with E-state index in [1.54, 1.807) is 12.1 Å². The molecule has 0 saturated carbocycles. The highest BCUT2D eigenvalue weighted by molar-refractivity contribution is 6.33. The van der Waals surface area contributed by atoms with Gasteiger partial charge in [-0.05, 0) is 50.0 Å². The Bertz CT molecular complexity index is 776. The van der Waals surface area contributed by atoms with E-state index in [1.807, 2.05) is 13.0 Å². The minimum Gasteiger partial charge on any atom is -0.478 e. The molecule has 0 spiro atoms. The molecule has 2 heterocycles. The van der Waals surface area contributed by atoms with Crippen LogP contribution in [0.15, 0.2) is 36.4 Å². The molecular formula is C21H26ClN3O2. The first kappa shape index (κ1) is 19.6. The molecule has 0 bridgehead atoms. The molecule has 1 N–H and O–H groups in total. The number of nitrogens with one attached hydrogen (secondary N) is 1. The monoisotopic (exact) mass is 387 g/mol. The Morgan fingerprint density at radius 2 is 1.89 bits per heavy atom. The second-order valence-electron chi connectivity index (χ2n) is 6.70. The molecule has 0 radical (unpaired) electrons. The van der Waals surface area contributed by atoms with Gasteiger partial charge in [0.1, 0.15) is 0 Å². The zero-order valence-corrected chi connectivity index (χ0v) is 16.5. The van der Waals surface area contributed by atoms with Crippen LogP contribution in [0.4, 0.5) is 0 Å². The molecule has 5 nitrogen and oxygen atoms in total. The summed E-state index contributed by atoms with van der Waals surface area (Å²) in [6.07, 6.45) is 3.85. The number of hydrogen-bond donors (Lipinski definition) is 1. The summed E-state index contributed by atoms with van der Waals surface area (Å²) < 4.78 is 5.36. The van der Waals surface area contributed by atoms with E-state index in [0.717, 1.165) is 25.2 Å². The van der Waals surface area contributed by atoms with Gasteiger partial charge in [-0.15, -0.1) is 0 Å². The summed E-state index contributed by atoms with van der Waals surface area (Å²) in [4.78, 5) is 19.3. The molecule has 1 aliphatic heterocycles. The number of nitrogens with zero attached hydrogens (tertiary/aromatic N) is 2. The quantitative estimate of drug-likeness (QED) is 0.778. The lowest BCUT2D eigenvalue weighted by Crippen LogP contribution is -2.30. The highest BCUT2D eigenvalue weighted by Gasteiger charge is 2.16. The number of rotatable bonds is 7. The molecule has 1 amide bonds. The molecule has 144 valence electrons. The number of amides is 1. The molecule has 27 heavy (non-hydrogen) atoms. The third kappa shape index (κ3) is 5.44. The van der Waals surface area contributed by atoms with Crippen molar-refractivity contribution in [3.05, 3.63) is 58.2 Å². The SMILES string of the molecule is CCOc1ccc(Cl)c(C(=O)NCc2ccccc2CN2CCCCC2)n1. The van der Waals surface area contributed by atoms with E-state index in [0.29, 0.717) is 24.1 Å². The topological polar surface area (TPSA) is 54.5 Å². The number of pyridine rings is 1. The van der Waals surface area contributed by atoms with Crippen LogP contribution in [0.1, 0.15) is 47.8 Å². The van der Waals surface area contributed by atoms with Crippen molar-refractivity contribution in [3.8, 4) is 5.88 Å². The van der Waals surface area contributed by atoms with Gasteiger partial charge in [0.2, 0.25) is 5.88 Å². The van der Waals surface area contributed by atoms with Crippen molar-refractivity contribution < 1.29 is 9.53 Å². The zero-order chi connectivity index (χ0) is 19.1. The average Bonchev–Trinajstić information content (AvgIpc) is 2.69. The summed E-state index contributed by atoms with van der Waals surface area (Å²) >= 11 is 6.15. The predicted octanol–water partition coefficient (Wildman–Crippen LogP) is 4.05. The minimum atomic E-state index is -0.297. The van der Waals surface area contributed by atoms with Crippen molar-refractivity contribution in [1.29, 1.82) is 0 Å². The fraction of sp³-hybridized carbons (Fsp3) is 0.429. The van der Waals surface area contributed by atoms with Gasteiger partial charge in [-0.1, -0.05) is 42.3 Å². The number of benzene rings is 1. The summed E-state index contributed by atoms with van der Waals surface area (Å²) in [5.74, 6) is 0.104. The number of aromatic nitrogens is 1. The molecule has 1 aliphatic rings. The maximum Gasteiger partial charge on any atom is 0.271 e. The summed E-state index contributed by atoms with van der Waals surface area (Å²) in [6.45, 7) is 6.01. The van der Waals surface area contributed by atoms with Gasteiger partial charge in [0.15, 0.2) is 5.69 Å². The normalized spacial score (nSPS) is 14.7. The van der Waals surface area contributed by atoms with Crippen molar-refractivity contribution in [2.45, 2.75) is 39.3 Å². The molecule has 0 atom stereocenters. The minimum absolute atomic E-state index is 0.191. The molecule has 6 heteroatoms. The first-order chi connectivity index (χ1) is 13.2. The summed E-state index contributed by atoms with van der Waals surface area (Å²) in [5.41, 5.74) is 2.56. The van der Waals surface area contributed by atoms with Crippen LogP contribution in [0.5, 0.6) is 5.88 Å². The van der Waals surface area contributed by atoms with Gasteiger partial charge in [0, 0.05) is 19.2 Å². The lowest BCUT2D eigenvalue weighted by molar-refractivity contribution is 0.0944. The van der Waals surface area contributed by atoms with Gasteiger partial charge >= 0.3 is 0 Å². The number of halogens is 1. The molecule has 3 rings (SSSR count). The van der Waals surface area contributed by atoms with E-state index in [2.05, 4.69) is 33.4 Å². The van der Waals surface area contributed by atoms with Crippen molar-refractivity contribution >= 4 is 17.5 Å². The Hall–Kier alpha value is -2.11. The number of hydrogen-bond acceptors (Lipinski definition) is 4. The summed E-state index contributed by atoms with van der Waals surface area (Å²) in [5, 5.41) is 3.26. The zero-order valence-electron chi connectivity index (χ0n) is 15.7. The second-order valence-corrected chi connectivity index (χ2v) is 7.11. The summed E-state index contributed by atoms with van der Waals surface area (Å²) in [6, 6.07) is 11.5. The summed E-state index contributed by atoms with van der Waals surface area (Å²) in [7, 11) is 0. The van der Waals surface area contributed by atoms with Crippen LogP contribution in [0.3, 0.4) is 0 Å². The highest BCUT2D eigenvalue weighted by Crippen LogP contribution is 2.19. The smallest absolute Gasteiger partial charge is 0.271 e. The van der Waals surface area contributed by atoms with E-state index in [4.69, 9.17) is 16.3 Å². The number of carbonyl (C=O) groups excluding carboxylic acids is 1. The van der Waals surface area contributed by atoms with E-state index in [-0.39, 0.29) is 11.6 Å². The van der Waals surface area contributed by atoms with Crippen molar-refractivity contribution in [3.63, 3.8) is 0 Å². The maximum absolute atomic E-state index is 12.6. The van der Waals surface area contributed by atoms with Crippen LogP contribution in [-0.4, -0.2) is 35.5 Å². The molecular weight excluding hydrogens is 362 g/mol. The van der Waals surface area contributed by atoms with Crippen LogP contribution in [0.25, 0.3) is 0 Å². The Balaban J connectivity index is 1.66. The van der Waals surface area contributed by atoms with E-state index >= 15 is 0 Å². The first-order valence-corrected chi connectivity index (χ1v) is 9.92. The van der Waals surface area contributed by atoms with E-state index < -0.39 is 0 Å². The lowest BCUT2D eigenvalue weighted by Gasteiger charge is -2.27. The number of piperidine rings is 1. The molecule has 1 fully saturated rings. The Kier molecular flexibility index (Phi) is 7.07. The van der Waals surface area contributed by atoms with Gasteiger partial charge in [-0.2, -0.15) is 0 Å². The van der Waals surface area contributed by atoms with Crippen LogP contribution in [0.2, 0.25) is 5.02 Å². The van der Waals surface area contributed by atoms with Crippen molar-refractivity contribution in [2.24, 2.45) is 0 Å². The van der Waals surface area contributed by atoms with Gasteiger partial charge in [0.25, 0.3) is 5.91 Å². The average molecular weight is 388 g/mol. The van der Waals surface area contributed by atoms with Gasteiger partial charge in [-0.3, -0.25) is 9.69 Å². The van der Waals surface area contributed by atoms with Crippen LogP contribution in [-0.2, 0) is 13.1 Å². The number of ether oxygens (including phenoxy) is 1. The molecule has 1 aromatic carbocycles. The van der Waals surface area contributed by atoms with E-state index in [1.165, 1.54) is 24.8 Å². The second kappa shape index (κ2) is 9.72. The molecule has 1 saturated heterocycles. The Morgan fingerprint density at radius 1 is 1.15 bits per heavy atom. The molecule has 2 aromatic rings. The molecule has 0 unspecified atom stereocenters. The lowest BCUT2D eigenvalue weighted by atomic mass is 10.0. The van der Waals surface area contributed by atoms with Crippen LogP contribution >= 0.6 is 11.6 Å². The molecule has 0 aliphatic carbocycles. The third-order valence-electron chi connectivity index (χ3n) is 4.73. The van der Waals surface area contributed by atoms with Crippen molar-refractivity contribution in [1.82, 2.24) is 15.2 Å². The Morgan fingerprint density at radius 3 is 2.63 bits per heavy atom. The standard InChI is InChI=1S/C21H26ClN3O2/c1-2-27-19-11-10-18(22)20(24-19)21(26)23-14-16-8-4-5-9-17(16)15-25-12-6-3-7-13-25/h4-5,8-11H,2-3,6-7,12-15H2,1H3,(H,23,26). The highest BCUT2D eigenvalue weighted by atomic mass is 35.5. The number of carbonyl (C=O) groups is 1. The fourth-order valence-corrected chi connectivity index (χ4v) is 3.50. The van der Waals surface area contributed by atoms with Gasteiger partial charge in [0.05, 0.1) is 11.6 Å². The maximum atomic E-state index is 12.6. The van der Waals surface area contributed by atoms with Crippen LogP contribution < -0.4 is 10.1 Å². The van der Waals surface area contributed by atoms with Crippen molar-refractivity contribution in [2.75, 3.05) is 19.7 Å². The van der Waals surface area contributed by atoms with Gasteiger partial charge < -0.3 is 10.1 Å². The largest absolute Gasteiger partial charge is 0.478 e. The fourth-order valence-electron chi connectivity index (χ4n) is 3.31.